The Labute approximate surface area is 87.1 Å². The van der Waals surface area contributed by atoms with Crippen LogP contribution in [0.1, 0.15) is 33.1 Å². The third-order valence-corrected chi connectivity index (χ3v) is 3.59. The molecule has 0 aliphatic heterocycles. The first-order valence-electron chi connectivity index (χ1n) is 5.76. The molecule has 0 aromatic heterocycles. The number of rotatable bonds is 6. The average molecular weight is 200 g/mol. The summed E-state index contributed by atoms with van der Waals surface area (Å²) in [6.45, 7) is 5.15. The fourth-order valence-corrected chi connectivity index (χ4v) is 1.90. The topological polar surface area (TPSA) is 58.3 Å². The molecule has 3 unspecified atom stereocenters. The second kappa shape index (κ2) is 5.69. The molecule has 0 radical (unpaired) electrons. The van der Waals surface area contributed by atoms with Gasteiger partial charge in [0.1, 0.15) is 0 Å². The van der Waals surface area contributed by atoms with Gasteiger partial charge in [-0.1, -0.05) is 13.3 Å². The molecule has 1 aliphatic rings. The van der Waals surface area contributed by atoms with E-state index < -0.39 is 0 Å². The van der Waals surface area contributed by atoms with Crippen LogP contribution < -0.4 is 11.1 Å². The van der Waals surface area contributed by atoms with Crippen LogP contribution in [0.2, 0.25) is 0 Å². The van der Waals surface area contributed by atoms with Crippen LogP contribution in [0.5, 0.6) is 0 Å². The van der Waals surface area contributed by atoms with Gasteiger partial charge in [0.15, 0.2) is 0 Å². The molecule has 3 atom stereocenters. The van der Waals surface area contributed by atoms with E-state index in [1.807, 2.05) is 0 Å². The fraction of sp³-hybridized carbons (Fsp3) is 1.00. The van der Waals surface area contributed by atoms with Crippen molar-refractivity contribution in [2.75, 3.05) is 13.2 Å². The van der Waals surface area contributed by atoms with Crippen molar-refractivity contribution in [2.24, 2.45) is 17.6 Å². The molecule has 1 saturated carbocycles. The Morgan fingerprint density at radius 3 is 2.43 bits per heavy atom. The van der Waals surface area contributed by atoms with Crippen LogP contribution in [0.25, 0.3) is 0 Å². The Morgan fingerprint density at radius 2 is 2.07 bits per heavy atom. The number of nitrogens with one attached hydrogen (secondary N) is 1. The highest BCUT2D eigenvalue weighted by Crippen LogP contribution is 2.29. The molecule has 1 fully saturated rings. The normalized spacial score (nSPS) is 24.0. The molecule has 3 heteroatoms. The van der Waals surface area contributed by atoms with Crippen LogP contribution in [-0.2, 0) is 0 Å². The Hall–Kier alpha value is -0.120. The molecule has 0 aromatic rings. The summed E-state index contributed by atoms with van der Waals surface area (Å²) in [6.07, 6.45) is 3.98. The molecule has 4 N–H and O–H groups in total. The second-order valence-corrected chi connectivity index (χ2v) is 4.65. The Balaban J connectivity index is 2.31. The molecule has 0 saturated heterocycles. The lowest BCUT2D eigenvalue weighted by Gasteiger charge is -2.36. The van der Waals surface area contributed by atoms with Crippen molar-refractivity contribution in [3.8, 4) is 0 Å². The van der Waals surface area contributed by atoms with Crippen LogP contribution in [0.4, 0.5) is 0 Å². The summed E-state index contributed by atoms with van der Waals surface area (Å²) in [5.41, 5.74) is 5.75. The lowest BCUT2D eigenvalue weighted by molar-refractivity contribution is 0.170. The molecular formula is C11H24N2O. The quantitative estimate of drug-likeness (QED) is 0.592. The van der Waals surface area contributed by atoms with E-state index in [1.165, 1.54) is 19.3 Å². The van der Waals surface area contributed by atoms with Crippen molar-refractivity contribution in [3.05, 3.63) is 0 Å². The number of aliphatic hydroxyl groups excluding tert-OH is 1. The molecule has 0 amide bonds. The van der Waals surface area contributed by atoms with Crippen LogP contribution in [-0.4, -0.2) is 30.3 Å². The lowest BCUT2D eigenvalue weighted by Crippen LogP contribution is -2.50. The molecule has 0 aromatic carbocycles. The predicted molar refractivity (Wildman–Crippen MR) is 59.0 cm³/mol. The maximum absolute atomic E-state index is 9.03. The van der Waals surface area contributed by atoms with Gasteiger partial charge in [0, 0.05) is 25.2 Å². The SMILES string of the molecule is CC(CO)C(C)NC(CN)C1CCC1. The molecule has 1 aliphatic carbocycles. The van der Waals surface area contributed by atoms with E-state index in [9.17, 15) is 0 Å². The first-order chi connectivity index (χ1) is 6.69. The lowest BCUT2D eigenvalue weighted by atomic mass is 9.79. The Bertz CT molecular complexity index is 159. The van der Waals surface area contributed by atoms with Gasteiger partial charge in [-0.2, -0.15) is 0 Å². The van der Waals surface area contributed by atoms with Gasteiger partial charge in [0.2, 0.25) is 0 Å². The highest BCUT2D eigenvalue weighted by atomic mass is 16.3. The van der Waals surface area contributed by atoms with Crippen LogP contribution >= 0.6 is 0 Å². The van der Waals surface area contributed by atoms with Crippen LogP contribution in [0.3, 0.4) is 0 Å². The van der Waals surface area contributed by atoms with Gasteiger partial charge in [-0.3, -0.25) is 0 Å². The fourth-order valence-electron chi connectivity index (χ4n) is 1.90. The first kappa shape index (κ1) is 12.0. The number of hydrogen-bond acceptors (Lipinski definition) is 3. The minimum absolute atomic E-state index is 0.246. The van der Waals surface area contributed by atoms with Crippen molar-refractivity contribution < 1.29 is 5.11 Å². The number of nitrogens with two attached hydrogens (primary N) is 1. The number of aliphatic hydroxyl groups is 1. The maximum Gasteiger partial charge on any atom is 0.0471 e. The molecule has 0 spiro atoms. The number of hydrogen-bond donors (Lipinski definition) is 3. The summed E-state index contributed by atoms with van der Waals surface area (Å²) < 4.78 is 0. The summed E-state index contributed by atoms with van der Waals surface area (Å²) in [5, 5.41) is 12.6. The van der Waals surface area contributed by atoms with Crippen LogP contribution in [0, 0.1) is 11.8 Å². The summed E-state index contributed by atoms with van der Waals surface area (Å²) in [6, 6.07) is 0.807. The highest BCUT2D eigenvalue weighted by molar-refractivity contribution is 4.85. The average Bonchev–Trinajstić information content (AvgIpc) is 2.12. The van der Waals surface area contributed by atoms with E-state index in [2.05, 4.69) is 19.2 Å². The van der Waals surface area contributed by atoms with E-state index >= 15 is 0 Å². The highest BCUT2D eigenvalue weighted by Gasteiger charge is 2.27. The zero-order chi connectivity index (χ0) is 10.6. The second-order valence-electron chi connectivity index (χ2n) is 4.65. The minimum Gasteiger partial charge on any atom is -0.396 e. The first-order valence-corrected chi connectivity index (χ1v) is 5.76. The maximum atomic E-state index is 9.03. The van der Waals surface area contributed by atoms with E-state index in [4.69, 9.17) is 10.8 Å². The molecule has 0 heterocycles. The third kappa shape index (κ3) is 2.94. The third-order valence-electron chi connectivity index (χ3n) is 3.59. The zero-order valence-corrected chi connectivity index (χ0v) is 9.37. The van der Waals surface area contributed by atoms with Crippen LogP contribution in [0.15, 0.2) is 0 Å². The summed E-state index contributed by atoms with van der Waals surface area (Å²) >= 11 is 0. The summed E-state index contributed by atoms with van der Waals surface area (Å²) in [5.74, 6) is 1.08. The van der Waals surface area contributed by atoms with E-state index in [0.29, 0.717) is 24.5 Å². The summed E-state index contributed by atoms with van der Waals surface area (Å²) in [4.78, 5) is 0. The smallest absolute Gasteiger partial charge is 0.0471 e. The van der Waals surface area contributed by atoms with Crippen molar-refractivity contribution in [1.82, 2.24) is 5.32 Å². The predicted octanol–water partition coefficient (Wildman–Crippen LogP) is 0.720. The Kier molecular flexibility index (Phi) is 4.85. The monoisotopic (exact) mass is 200 g/mol. The molecule has 14 heavy (non-hydrogen) atoms. The molecule has 84 valence electrons. The van der Waals surface area contributed by atoms with Crippen molar-refractivity contribution in [2.45, 2.75) is 45.2 Å². The van der Waals surface area contributed by atoms with Gasteiger partial charge in [-0.05, 0) is 31.6 Å². The van der Waals surface area contributed by atoms with E-state index in [-0.39, 0.29) is 6.61 Å². The summed E-state index contributed by atoms with van der Waals surface area (Å²) in [7, 11) is 0. The minimum atomic E-state index is 0.246. The van der Waals surface area contributed by atoms with Crippen molar-refractivity contribution >= 4 is 0 Å². The van der Waals surface area contributed by atoms with Gasteiger partial charge in [0.05, 0.1) is 0 Å². The molecule has 0 bridgehead atoms. The largest absolute Gasteiger partial charge is 0.396 e. The van der Waals surface area contributed by atoms with Gasteiger partial charge < -0.3 is 16.2 Å². The zero-order valence-electron chi connectivity index (χ0n) is 9.37. The van der Waals surface area contributed by atoms with E-state index in [0.717, 1.165) is 5.92 Å². The van der Waals surface area contributed by atoms with Gasteiger partial charge in [-0.25, -0.2) is 0 Å². The molecule has 3 nitrogen and oxygen atoms in total. The standard InChI is InChI=1S/C11H24N2O/c1-8(7-14)9(2)13-11(6-12)10-4-3-5-10/h8-11,13-14H,3-7,12H2,1-2H3. The molecule has 1 rings (SSSR count). The van der Waals surface area contributed by atoms with Gasteiger partial charge in [-0.15, -0.1) is 0 Å². The molecular weight excluding hydrogens is 176 g/mol. The Morgan fingerprint density at radius 1 is 1.43 bits per heavy atom. The van der Waals surface area contributed by atoms with Gasteiger partial charge in [0.25, 0.3) is 0 Å². The van der Waals surface area contributed by atoms with E-state index in [1.54, 1.807) is 0 Å². The van der Waals surface area contributed by atoms with Crippen molar-refractivity contribution in [1.29, 1.82) is 0 Å². The van der Waals surface area contributed by atoms with Gasteiger partial charge >= 0.3 is 0 Å². The van der Waals surface area contributed by atoms with Crippen molar-refractivity contribution in [3.63, 3.8) is 0 Å².